The number of nitrogens with zero attached hydrogens (tertiary/aromatic N) is 5. The number of carbonyl (C=O) groups is 1. The molecule has 1 aliphatic rings. The number of anilines is 1. The summed E-state index contributed by atoms with van der Waals surface area (Å²) in [5, 5.41) is 44.1. The van der Waals surface area contributed by atoms with Crippen LogP contribution in [-0.2, 0) is 5.60 Å². The molecule has 0 saturated heterocycles. The van der Waals surface area contributed by atoms with Crippen molar-refractivity contribution >= 4 is 22.5 Å². The summed E-state index contributed by atoms with van der Waals surface area (Å²) in [6.45, 7) is 7.26. The number of aromatic nitrogens is 5. The molecule has 4 aromatic rings. The third-order valence-corrected chi connectivity index (χ3v) is 7.28. The van der Waals surface area contributed by atoms with Gasteiger partial charge in [-0.1, -0.05) is 13.8 Å². The molecule has 1 aromatic carbocycles. The van der Waals surface area contributed by atoms with Crippen LogP contribution in [0.1, 0.15) is 87.1 Å². The summed E-state index contributed by atoms with van der Waals surface area (Å²) in [6.07, 6.45) is 8.22. The summed E-state index contributed by atoms with van der Waals surface area (Å²) in [5.41, 5.74) is 2.07. The first-order valence-corrected chi connectivity index (χ1v) is 13.1. The fourth-order valence-electron chi connectivity index (χ4n) is 4.96. The van der Waals surface area contributed by atoms with Crippen LogP contribution in [0.5, 0.6) is 0 Å². The zero-order valence-corrected chi connectivity index (χ0v) is 22.2. The number of fused-ring (bicyclic) bond motifs is 1. The first kappa shape index (κ1) is 25.9. The zero-order valence-electron chi connectivity index (χ0n) is 22.2. The van der Waals surface area contributed by atoms with Gasteiger partial charge in [0.2, 0.25) is 5.69 Å². The summed E-state index contributed by atoms with van der Waals surface area (Å²) in [6, 6.07) is 9.00. The number of carbonyl (C=O) groups excluding carboxylic acids is 1. The van der Waals surface area contributed by atoms with E-state index < -0.39 is 11.5 Å². The summed E-state index contributed by atoms with van der Waals surface area (Å²) in [4.78, 5) is 13.4. The van der Waals surface area contributed by atoms with Crippen LogP contribution in [-0.4, -0.2) is 47.0 Å². The minimum atomic E-state index is -1.08. The smallest absolute Gasteiger partial charge is 0.325 e. The molecule has 1 fully saturated rings. The number of amides is 1. The summed E-state index contributed by atoms with van der Waals surface area (Å²) in [7, 11) is 0. The van der Waals surface area contributed by atoms with Crippen molar-refractivity contribution in [2.75, 3.05) is 5.32 Å². The molecule has 10 nitrogen and oxygen atoms in total. The third-order valence-electron chi connectivity index (χ3n) is 7.28. The summed E-state index contributed by atoms with van der Waals surface area (Å²) < 4.78 is 4.48. The van der Waals surface area contributed by atoms with Crippen molar-refractivity contribution in [3.8, 4) is 5.69 Å². The monoisotopic (exact) mass is 519 g/mol. The second-order valence-electron chi connectivity index (χ2n) is 11.0. The molecule has 1 amide bonds. The predicted molar refractivity (Wildman–Crippen MR) is 141 cm³/mol. The largest absolute Gasteiger partial charge is 0.393 e. The molecule has 5 rings (SSSR count). The standard InChI is InChI=1S/C28H34N6O4/c1-17(2)24-6-5-7-25(34(24)38)27(36)30-23-12-18-15-32(20-8-10-21(35)11-9-20)31-22(18)13-26(23)33-16-19(14-29-33)28(3,4)37/h5-7,12-17,20-21,35,37H,8-11H2,1-4H3,(H-,30,36,38)/p+1/t20-,21-. The molecule has 4 N–H and O–H groups in total. The fraction of sp³-hybridized carbons (Fsp3) is 0.429. The van der Waals surface area contributed by atoms with Crippen LogP contribution >= 0.6 is 0 Å². The Morgan fingerprint density at radius 1 is 1.16 bits per heavy atom. The van der Waals surface area contributed by atoms with Crippen molar-refractivity contribution in [2.45, 2.75) is 77.0 Å². The van der Waals surface area contributed by atoms with E-state index in [1.807, 2.05) is 36.9 Å². The van der Waals surface area contributed by atoms with Crippen molar-refractivity contribution in [2.24, 2.45) is 0 Å². The van der Waals surface area contributed by atoms with Gasteiger partial charge in [0.25, 0.3) is 0 Å². The van der Waals surface area contributed by atoms with Gasteiger partial charge in [0.15, 0.2) is 0 Å². The van der Waals surface area contributed by atoms with Gasteiger partial charge < -0.3 is 15.5 Å². The molecule has 0 bridgehead atoms. The highest BCUT2D eigenvalue weighted by Gasteiger charge is 2.27. The van der Waals surface area contributed by atoms with E-state index >= 15 is 0 Å². The second kappa shape index (κ2) is 9.85. The average molecular weight is 520 g/mol. The fourth-order valence-corrected chi connectivity index (χ4v) is 4.96. The van der Waals surface area contributed by atoms with E-state index in [1.165, 1.54) is 0 Å². The lowest BCUT2D eigenvalue weighted by Gasteiger charge is -2.25. The van der Waals surface area contributed by atoms with E-state index in [0.29, 0.717) is 22.6 Å². The van der Waals surface area contributed by atoms with Gasteiger partial charge in [0, 0.05) is 46.1 Å². The number of rotatable bonds is 6. The van der Waals surface area contributed by atoms with Gasteiger partial charge in [-0.3, -0.25) is 14.7 Å². The Labute approximate surface area is 221 Å². The van der Waals surface area contributed by atoms with Gasteiger partial charge in [-0.05, 0) is 57.7 Å². The maximum Gasteiger partial charge on any atom is 0.325 e. The van der Waals surface area contributed by atoms with Crippen molar-refractivity contribution in [1.82, 2.24) is 19.6 Å². The van der Waals surface area contributed by atoms with Crippen LogP contribution < -0.4 is 10.0 Å². The lowest BCUT2D eigenvalue weighted by molar-refractivity contribution is -0.911. The highest BCUT2D eigenvalue weighted by molar-refractivity contribution is 6.04. The van der Waals surface area contributed by atoms with E-state index in [4.69, 9.17) is 5.10 Å². The van der Waals surface area contributed by atoms with Crippen LogP contribution in [0.15, 0.2) is 48.9 Å². The van der Waals surface area contributed by atoms with Gasteiger partial charge in [0.05, 0.1) is 40.8 Å². The Kier molecular flexibility index (Phi) is 6.70. The molecule has 3 aromatic heterocycles. The normalized spacial score (nSPS) is 18.3. The molecule has 10 heteroatoms. The number of hydrogen-bond acceptors (Lipinski definition) is 6. The first-order chi connectivity index (χ1) is 18.0. The van der Waals surface area contributed by atoms with Gasteiger partial charge >= 0.3 is 11.6 Å². The molecule has 38 heavy (non-hydrogen) atoms. The van der Waals surface area contributed by atoms with Crippen LogP contribution in [0.2, 0.25) is 0 Å². The van der Waals surface area contributed by atoms with Crippen LogP contribution in [0.25, 0.3) is 16.6 Å². The lowest BCUT2D eigenvalue weighted by atomic mass is 9.93. The van der Waals surface area contributed by atoms with E-state index in [2.05, 4.69) is 10.4 Å². The Morgan fingerprint density at radius 3 is 2.55 bits per heavy atom. The van der Waals surface area contributed by atoms with Crippen molar-refractivity contribution < 1.29 is 24.9 Å². The molecule has 1 aliphatic carbocycles. The Bertz CT molecular complexity index is 1470. The minimum Gasteiger partial charge on any atom is -0.393 e. The number of pyridine rings is 1. The van der Waals surface area contributed by atoms with Crippen molar-refractivity contribution in [3.05, 3.63) is 65.9 Å². The highest BCUT2D eigenvalue weighted by Crippen LogP contribution is 2.32. The molecule has 0 spiro atoms. The van der Waals surface area contributed by atoms with Gasteiger partial charge in [0.1, 0.15) is 0 Å². The van der Waals surface area contributed by atoms with Gasteiger partial charge in [-0.15, -0.1) is 0 Å². The predicted octanol–water partition coefficient (Wildman–Crippen LogP) is 3.83. The minimum absolute atomic E-state index is 0.0238. The zero-order chi connectivity index (χ0) is 27.2. The molecular weight excluding hydrogens is 484 g/mol. The molecule has 1 saturated carbocycles. The van der Waals surface area contributed by atoms with E-state index in [-0.39, 0.29) is 23.8 Å². The molecule has 200 valence electrons. The van der Waals surface area contributed by atoms with Crippen molar-refractivity contribution in [1.29, 1.82) is 0 Å². The Balaban J connectivity index is 1.57. The molecule has 0 atom stereocenters. The average Bonchev–Trinajstić information content (AvgIpc) is 3.51. The van der Waals surface area contributed by atoms with Crippen molar-refractivity contribution in [3.63, 3.8) is 0 Å². The van der Waals surface area contributed by atoms with Crippen LogP contribution in [0.3, 0.4) is 0 Å². The Hall–Kier alpha value is -3.76. The number of benzene rings is 1. The molecular formula is C28H35N6O4+. The van der Waals surface area contributed by atoms with Crippen LogP contribution in [0.4, 0.5) is 5.69 Å². The molecule has 0 unspecified atom stereocenters. The molecule has 0 radical (unpaired) electrons. The number of hydrogen-bond donors (Lipinski definition) is 4. The highest BCUT2D eigenvalue weighted by atomic mass is 16.5. The maximum absolute atomic E-state index is 13.4. The number of nitrogens with one attached hydrogen (secondary N) is 1. The Morgan fingerprint density at radius 2 is 1.89 bits per heavy atom. The topological polar surface area (TPSA) is 129 Å². The SMILES string of the molecule is CC(C)c1cccc(C(=O)Nc2cc3cn([C@H]4CC[C@H](O)CC4)nc3cc2-n2cc(C(C)(C)O)cn2)[n+]1O. The first-order valence-electron chi connectivity index (χ1n) is 13.1. The maximum atomic E-state index is 13.4. The number of aliphatic hydroxyl groups excluding tert-OH is 1. The molecule has 3 heterocycles. The summed E-state index contributed by atoms with van der Waals surface area (Å²) >= 11 is 0. The van der Waals surface area contributed by atoms with E-state index in [0.717, 1.165) is 41.3 Å². The summed E-state index contributed by atoms with van der Waals surface area (Å²) in [5.74, 6) is -0.449. The third kappa shape index (κ3) is 5.01. The van der Waals surface area contributed by atoms with Crippen LogP contribution in [0, 0.1) is 0 Å². The van der Waals surface area contributed by atoms with E-state index in [9.17, 15) is 20.2 Å². The quantitative estimate of drug-likeness (QED) is 0.226. The second-order valence-corrected chi connectivity index (χ2v) is 11.0. The van der Waals surface area contributed by atoms with E-state index in [1.54, 1.807) is 49.1 Å². The number of aliphatic hydroxyl groups is 2. The molecule has 0 aliphatic heterocycles. The lowest BCUT2D eigenvalue weighted by Crippen LogP contribution is -2.43. The van der Waals surface area contributed by atoms with Gasteiger partial charge in [-0.2, -0.15) is 10.2 Å². The van der Waals surface area contributed by atoms with Gasteiger partial charge in [-0.25, -0.2) is 4.68 Å².